The summed E-state index contributed by atoms with van der Waals surface area (Å²) in [6.45, 7) is 16.1. The van der Waals surface area contributed by atoms with Gasteiger partial charge in [-0.05, 0) is 41.7 Å². The Balaban J connectivity index is 3.22. The molecule has 1 rings (SSSR count). The molecular weight excluding hydrogens is 270 g/mol. The van der Waals surface area contributed by atoms with E-state index in [9.17, 15) is 0 Å². The van der Waals surface area contributed by atoms with Crippen LogP contribution in [0, 0.1) is 0 Å². The molecule has 1 atom stereocenters. The van der Waals surface area contributed by atoms with Gasteiger partial charge in [-0.3, -0.25) is 5.73 Å². The van der Waals surface area contributed by atoms with E-state index in [4.69, 9.17) is 10.5 Å². The van der Waals surface area contributed by atoms with Crippen molar-refractivity contribution < 1.29 is 4.74 Å². The van der Waals surface area contributed by atoms with Crippen LogP contribution in [0.1, 0.15) is 78.9 Å². The largest absolute Gasteiger partial charge is 0.492 e. The topological polar surface area (TPSA) is 33.0 Å². The molecule has 0 aromatic heterocycles. The van der Waals surface area contributed by atoms with Crippen LogP contribution in [0.15, 0.2) is 18.2 Å². The zero-order chi connectivity index (χ0) is 17.0. The zero-order valence-corrected chi connectivity index (χ0v) is 15.5. The Morgan fingerprint density at radius 2 is 1.59 bits per heavy atom. The number of hydrogen-bond acceptors (Lipinski definition) is 1. The second kappa shape index (κ2) is 7.50. The minimum absolute atomic E-state index is 0.0822. The van der Waals surface area contributed by atoms with E-state index in [0.717, 1.165) is 25.0 Å². The second-order valence-corrected chi connectivity index (χ2v) is 7.60. The van der Waals surface area contributed by atoms with Crippen LogP contribution in [0.25, 0.3) is 0 Å². The van der Waals surface area contributed by atoms with Crippen LogP contribution in [-0.4, -0.2) is 12.6 Å². The maximum atomic E-state index is 7.89. The summed E-state index contributed by atoms with van der Waals surface area (Å²) in [5.74, 6) is 0.952. The summed E-state index contributed by atoms with van der Waals surface area (Å²) < 4.78 is 5.99. The van der Waals surface area contributed by atoms with Gasteiger partial charge < -0.3 is 4.74 Å². The first-order chi connectivity index (χ1) is 10.2. The summed E-state index contributed by atoms with van der Waals surface area (Å²) in [7, 11) is 0. The standard InChI is InChI=1S/C20H34NO/c1-8-16(21)14-22-18-12-11-15(19(4,5)9-2)13-17(18)20(6,7)10-3/h11-13,16,21H,8-10,14H2,1-7H3. The highest BCUT2D eigenvalue weighted by Gasteiger charge is 2.26. The molecule has 0 fully saturated rings. The Kier molecular flexibility index (Phi) is 6.49. The molecule has 125 valence electrons. The quantitative estimate of drug-likeness (QED) is 0.624. The van der Waals surface area contributed by atoms with Gasteiger partial charge in [0.1, 0.15) is 12.4 Å². The predicted molar refractivity (Wildman–Crippen MR) is 95.7 cm³/mol. The normalized spacial score (nSPS) is 14.0. The average molecular weight is 304 g/mol. The van der Waals surface area contributed by atoms with E-state index >= 15 is 0 Å². The van der Waals surface area contributed by atoms with Crippen LogP contribution in [-0.2, 0) is 10.8 Å². The molecule has 1 aromatic carbocycles. The van der Waals surface area contributed by atoms with Gasteiger partial charge in [0.05, 0.1) is 6.04 Å². The van der Waals surface area contributed by atoms with E-state index in [1.165, 1.54) is 11.1 Å². The molecule has 0 amide bonds. The second-order valence-electron chi connectivity index (χ2n) is 7.60. The molecule has 1 N–H and O–H groups in total. The summed E-state index contributed by atoms with van der Waals surface area (Å²) in [6, 6.07) is 6.48. The highest BCUT2D eigenvalue weighted by Crippen LogP contribution is 2.38. The van der Waals surface area contributed by atoms with Gasteiger partial charge in [-0.1, -0.05) is 60.6 Å². The van der Waals surface area contributed by atoms with Crippen molar-refractivity contribution in [2.45, 2.75) is 84.6 Å². The molecule has 0 aliphatic rings. The van der Waals surface area contributed by atoms with Gasteiger partial charge in [0.2, 0.25) is 0 Å². The van der Waals surface area contributed by atoms with Gasteiger partial charge in [0, 0.05) is 5.56 Å². The van der Waals surface area contributed by atoms with Crippen molar-refractivity contribution in [3.05, 3.63) is 29.3 Å². The lowest BCUT2D eigenvalue weighted by Crippen LogP contribution is -2.23. The van der Waals surface area contributed by atoms with Crippen molar-refractivity contribution in [3.63, 3.8) is 0 Å². The lowest BCUT2D eigenvalue weighted by molar-refractivity contribution is 0.273. The SMILES string of the molecule is CCC([NH])COc1ccc(C(C)(C)CC)cc1C(C)(C)CC. The first kappa shape index (κ1) is 19.0. The van der Waals surface area contributed by atoms with Gasteiger partial charge in [-0.2, -0.15) is 0 Å². The molecule has 1 radical (unpaired) electrons. The summed E-state index contributed by atoms with van der Waals surface area (Å²) in [4.78, 5) is 0. The minimum atomic E-state index is -0.149. The molecule has 2 heteroatoms. The molecule has 0 spiro atoms. The summed E-state index contributed by atoms with van der Waals surface area (Å²) in [6.07, 6.45) is 3.01. The Morgan fingerprint density at radius 3 is 2.09 bits per heavy atom. The Labute approximate surface area is 137 Å². The first-order valence-electron chi connectivity index (χ1n) is 8.66. The molecule has 0 heterocycles. The minimum Gasteiger partial charge on any atom is -0.492 e. The van der Waals surface area contributed by atoms with Crippen LogP contribution in [0.2, 0.25) is 0 Å². The van der Waals surface area contributed by atoms with Gasteiger partial charge >= 0.3 is 0 Å². The Bertz CT molecular complexity index is 477. The lowest BCUT2D eigenvalue weighted by atomic mass is 9.76. The molecule has 0 aliphatic carbocycles. The van der Waals surface area contributed by atoms with Gasteiger partial charge in [-0.25, -0.2) is 0 Å². The van der Waals surface area contributed by atoms with Crippen LogP contribution < -0.4 is 10.5 Å². The van der Waals surface area contributed by atoms with E-state index in [2.05, 4.69) is 59.7 Å². The maximum absolute atomic E-state index is 7.89. The molecule has 0 saturated carbocycles. The molecular formula is C20H34NO. The monoisotopic (exact) mass is 304 g/mol. The highest BCUT2D eigenvalue weighted by atomic mass is 16.5. The summed E-state index contributed by atoms with van der Waals surface area (Å²) in [5, 5.41) is 0. The summed E-state index contributed by atoms with van der Waals surface area (Å²) in [5.41, 5.74) is 10.8. The van der Waals surface area contributed by atoms with Crippen molar-refractivity contribution in [2.75, 3.05) is 6.61 Å². The number of nitrogens with one attached hydrogen (secondary N) is 1. The van der Waals surface area contributed by atoms with Gasteiger partial charge in [-0.15, -0.1) is 0 Å². The van der Waals surface area contributed by atoms with Crippen LogP contribution >= 0.6 is 0 Å². The fourth-order valence-electron chi connectivity index (χ4n) is 2.31. The molecule has 2 nitrogen and oxygen atoms in total. The van der Waals surface area contributed by atoms with Crippen LogP contribution in [0.5, 0.6) is 5.75 Å². The van der Waals surface area contributed by atoms with E-state index in [-0.39, 0.29) is 16.9 Å². The number of rotatable bonds is 8. The molecule has 0 bridgehead atoms. The van der Waals surface area contributed by atoms with E-state index in [0.29, 0.717) is 6.61 Å². The number of benzene rings is 1. The molecule has 0 aliphatic heterocycles. The van der Waals surface area contributed by atoms with Crippen molar-refractivity contribution in [1.82, 2.24) is 5.73 Å². The lowest BCUT2D eigenvalue weighted by Gasteiger charge is -2.30. The summed E-state index contributed by atoms with van der Waals surface area (Å²) >= 11 is 0. The fraction of sp³-hybridized carbons (Fsp3) is 0.700. The van der Waals surface area contributed by atoms with Crippen LogP contribution in [0.4, 0.5) is 0 Å². The molecule has 1 aromatic rings. The van der Waals surface area contributed by atoms with Crippen molar-refractivity contribution in [2.24, 2.45) is 0 Å². The van der Waals surface area contributed by atoms with Gasteiger partial charge in [0.15, 0.2) is 0 Å². The fourth-order valence-corrected chi connectivity index (χ4v) is 2.31. The first-order valence-corrected chi connectivity index (χ1v) is 8.66. The van der Waals surface area contributed by atoms with Crippen molar-refractivity contribution in [3.8, 4) is 5.75 Å². The smallest absolute Gasteiger partial charge is 0.123 e. The average Bonchev–Trinajstić information content (AvgIpc) is 2.52. The van der Waals surface area contributed by atoms with Crippen molar-refractivity contribution >= 4 is 0 Å². The third kappa shape index (κ3) is 4.49. The molecule has 0 saturated heterocycles. The number of ether oxygens (including phenoxy) is 1. The Hall–Kier alpha value is -1.02. The zero-order valence-electron chi connectivity index (χ0n) is 15.5. The predicted octanol–water partition coefficient (Wildman–Crippen LogP) is 5.50. The van der Waals surface area contributed by atoms with E-state index in [1.807, 2.05) is 6.92 Å². The number of hydrogen-bond donors (Lipinski definition) is 0. The third-order valence-corrected chi connectivity index (χ3v) is 5.19. The highest BCUT2D eigenvalue weighted by molar-refractivity contribution is 5.44. The Morgan fingerprint density at radius 1 is 1.00 bits per heavy atom. The van der Waals surface area contributed by atoms with Gasteiger partial charge in [0.25, 0.3) is 0 Å². The maximum Gasteiger partial charge on any atom is 0.123 e. The van der Waals surface area contributed by atoms with E-state index < -0.39 is 0 Å². The van der Waals surface area contributed by atoms with Crippen molar-refractivity contribution in [1.29, 1.82) is 0 Å². The van der Waals surface area contributed by atoms with E-state index in [1.54, 1.807) is 0 Å². The third-order valence-electron chi connectivity index (χ3n) is 5.19. The molecule has 22 heavy (non-hydrogen) atoms. The molecule has 1 unspecified atom stereocenters. The van der Waals surface area contributed by atoms with Crippen LogP contribution in [0.3, 0.4) is 0 Å².